The monoisotopic (exact) mass is 621 g/mol. The number of benzene rings is 5. The normalized spacial score (nSPS) is 18.0. The fourth-order valence-corrected chi connectivity index (χ4v) is 8.44. The SMILES string of the molecule is C1=CC2(C3=Cc4ccccc4C3=C1)C1=Cc3ccccc3C1=CC=C2c1c(-c2ccccc2-c2ccccc2)ccnc1-c1ccccc1. The molecule has 4 aliphatic carbocycles. The lowest BCUT2D eigenvalue weighted by Crippen LogP contribution is -2.29. The Morgan fingerprint density at radius 3 is 1.63 bits per heavy atom. The van der Waals surface area contributed by atoms with E-state index in [-0.39, 0.29) is 0 Å². The standard InChI is InChI=1S/C48H31N/c1-3-14-32(15-4-1)36-20-11-12-23-39(36)42-27-29-49-47(33-16-5-2-6-17-33)46(42)43-26-25-41-38-22-10-8-19-35(38)31-45(41)48(43)28-13-24-40-37-21-9-7-18-34(37)30-44(40)48/h1-31H. The zero-order valence-electron chi connectivity index (χ0n) is 26.8. The molecule has 1 aromatic heterocycles. The summed E-state index contributed by atoms with van der Waals surface area (Å²) in [5.41, 5.74) is 19.0. The van der Waals surface area contributed by atoms with Crippen molar-refractivity contribution < 1.29 is 0 Å². The van der Waals surface area contributed by atoms with Crippen LogP contribution in [0.2, 0.25) is 0 Å². The Bertz CT molecular complexity index is 2500. The minimum atomic E-state index is -0.546. The van der Waals surface area contributed by atoms with Crippen LogP contribution in [-0.4, -0.2) is 4.98 Å². The molecule has 0 N–H and O–H groups in total. The van der Waals surface area contributed by atoms with Crippen LogP contribution in [0.3, 0.4) is 0 Å². The van der Waals surface area contributed by atoms with Crippen molar-refractivity contribution in [2.75, 3.05) is 0 Å². The van der Waals surface area contributed by atoms with Crippen molar-refractivity contribution in [2.24, 2.45) is 5.41 Å². The zero-order chi connectivity index (χ0) is 32.4. The molecule has 0 saturated carbocycles. The Kier molecular flexibility index (Phi) is 6.16. The van der Waals surface area contributed by atoms with E-state index >= 15 is 0 Å². The molecule has 0 fully saturated rings. The number of hydrogen-bond acceptors (Lipinski definition) is 1. The minimum Gasteiger partial charge on any atom is -0.256 e. The third-order valence-electron chi connectivity index (χ3n) is 10.6. The summed E-state index contributed by atoms with van der Waals surface area (Å²) in [6.45, 7) is 0. The lowest BCUT2D eigenvalue weighted by molar-refractivity contribution is 0.779. The summed E-state index contributed by atoms with van der Waals surface area (Å²) < 4.78 is 0. The van der Waals surface area contributed by atoms with Crippen LogP contribution >= 0.6 is 0 Å². The van der Waals surface area contributed by atoms with Crippen LogP contribution in [0, 0.1) is 5.41 Å². The molecule has 0 bridgehead atoms. The lowest BCUT2D eigenvalue weighted by atomic mass is 9.59. The highest BCUT2D eigenvalue weighted by Gasteiger charge is 2.49. The van der Waals surface area contributed by atoms with E-state index in [1.807, 2.05) is 6.20 Å². The molecule has 0 radical (unpaired) electrons. The number of rotatable bonds is 4. The molecular weight excluding hydrogens is 591 g/mol. The second-order valence-corrected chi connectivity index (χ2v) is 13.1. The van der Waals surface area contributed by atoms with Crippen LogP contribution in [0.1, 0.15) is 27.8 Å². The van der Waals surface area contributed by atoms with Gasteiger partial charge in [0.25, 0.3) is 0 Å². The van der Waals surface area contributed by atoms with Crippen LogP contribution in [-0.2, 0) is 0 Å². The van der Waals surface area contributed by atoms with Gasteiger partial charge in [0.05, 0.1) is 11.1 Å². The van der Waals surface area contributed by atoms with Gasteiger partial charge in [-0.2, -0.15) is 0 Å². The molecule has 5 aromatic carbocycles. The maximum absolute atomic E-state index is 5.20. The summed E-state index contributed by atoms with van der Waals surface area (Å²) in [7, 11) is 0. The Labute approximate surface area is 287 Å². The van der Waals surface area contributed by atoms with E-state index in [1.54, 1.807) is 0 Å². The van der Waals surface area contributed by atoms with Crippen molar-refractivity contribution >= 4 is 28.9 Å². The maximum Gasteiger partial charge on any atom is 0.0783 e. The number of allylic oxidation sites excluding steroid dienone is 10. The molecule has 1 unspecified atom stereocenters. The molecular formula is C48H31N. The van der Waals surface area contributed by atoms with E-state index in [4.69, 9.17) is 4.98 Å². The van der Waals surface area contributed by atoms with Crippen molar-refractivity contribution in [1.29, 1.82) is 0 Å². The Balaban J connectivity index is 1.31. The second kappa shape index (κ2) is 10.9. The van der Waals surface area contributed by atoms with E-state index in [0.717, 1.165) is 16.8 Å². The van der Waals surface area contributed by atoms with Gasteiger partial charge < -0.3 is 0 Å². The summed E-state index contributed by atoms with van der Waals surface area (Å²) in [5, 5.41) is 0. The van der Waals surface area contributed by atoms with Gasteiger partial charge in [0.15, 0.2) is 0 Å². The number of fused-ring (bicyclic) bond motifs is 8. The molecule has 0 aliphatic heterocycles. The Morgan fingerprint density at radius 2 is 0.959 bits per heavy atom. The molecule has 0 saturated heterocycles. The van der Waals surface area contributed by atoms with Gasteiger partial charge in [0.1, 0.15) is 0 Å². The van der Waals surface area contributed by atoms with Crippen molar-refractivity contribution in [3.8, 4) is 33.5 Å². The van der Waals surface area contributed by atoms with Gasteiger partial charge in [-0.25, -0.2) is 0 Å². The number of pyridine rings is 1. The van der Waals surface area contributed by atoms with Crippen LogP contribution in [0.15, 0.2) is 187 Å². The van der Waals surface area contributed by atoms with Gasteiger partial charge in [-0.3, -0.25) is 4.98 Å². The molecule has 1 atom stereocenters. The van der Waals surface area contributed by atoms with Crippen LogP contribution in [0.5, 0.6) is 0 Å². The van der Waals surface area contributed by atoms with E-state index in [2.05, 4.69) is 182 Å². The van der Waals surface area contributed by atoms with E-state index in [0.29, 0.717) is 0 Å². The summed E-state index contributed by atoms with van der Waals surface area (Å²) in [4.78, 5) is 5.20. The molecule has 1 nitrogen and oxygen atoms in total. The van der Waals surface area contributed by atoms with Crippen LogP contribution in [0.4, 0.5) is 0 Å². The smallest absolute Gasteiger partial charge is 0.0783 e. The molecule has 6 aromatic rings. The van der Waals surface area contributed by atoms with Crippen molar-refractivity contribution in [2.45, 2.75) is 0 Å². The first-order valence-electron chi connectivity index (χ1n) is 17.0. The number of aromatic nitrogens is 1. The van der Waals surface area contributed by atoms with E-state index < -0.39 is 5.41 Å². The second-order valence-electron chi connectivity index (χ2n) is 13.1. The van der Waals surface area contributed by atoms with E-state index in [1.165, 1.54) is 72.4 Å². The molecule has 10 rings (SSSR count). The van der Waals surface area contributed by atoms with E-state index in [9.17, 15) is 0 Å². The summed E-state index contributed by atoms with van der Waals surface area (Å²) in [6, 6.07) is 50.1. The van der Waals surface area contributed by atoms with Crippen LogP contribution < -0.4 is 0 Å². The fraction of sp³-hybridized carbons (Fsp3) is 0.0208. The average Bonchev–Trinajstić information content (AvgIpc) is 3.76. The van der Waals surface area contributed by atoms with Crippen LogP contribution in [0.25, 0.3) is 62.4 Å². The molecule has 1 heteroatoms. The summed E-state index contributed by atoms with van der Waals surface area (Å²) in [6.07, 6.45) is 18.6. The molecule has 0 amide bonds. The molecule has 4 aliphatic rings. The maximum atomic E-state index is 5.20. The predicted molar refractivity (Wildman–Crippen MR) is 205 cm³/mol. The average molecular weight is 622 g/mol. The summed E-state index contributed by atoms with van der Waals surface area (Å²) in [5.74, 6) is 0. The van der Waals surface area contributed by atoms with Gasteiger partial charge in [0, 0.05) is 17.3 Å². The third kappa shape index (κ3) is 4.09. The first-order chi connectivity index (χ1) is 24.3. The van der Waals surface area contributed by atoms with Crippen molar-refractivity contribution in [1.82, 2.24) is 4.98 Å². The molecule has 1 spiro atoms. The van der Waals surface area contributed by atoms with Crippen molar-refractivity contribution in [3.63, 3.8) is 0 Å². The third-order valence-corrected chi connectivity index (χ3v) is 10.6. The quantitative estimate of drug-likeness (QED) is 0.191. The van der Waals surface area contributed by atoms with Gasteiger partial charge >= 0.3 is 0 Å². The first-order valence-corrected chi connectivity index (χ1v) is 17.0. The zero-order valence-corrected chi connectivity index (χ0v) is 26.8. The molecule has 1 heterocycles. The highest BCUT2D eigenvalue weighted by atomic mass is 14.7. The number of hydrogen-bond donors (Lipinski definition) is 0. The van der Waals surface area contributed by atoms with Gasteiger partial charge in [-0.05, 0) is 90.6 Å². The summed E-state index contributed by atoms with van der Waals surface area (Å²) >= 11 is 0. The topological polar surface area (TPSA) is 12.9 Å². The minimum absolute atomic E-state index is 0.546. The van der Waals surface area contributed by atoms with Gasteiger partial charge in [-0.1, -0.05) is 164 Å². The predicted octanol–water partition coefficient (Wildman–Crippen LogP) is 12.0. The highest BCUT2D eigenvalue weighted by molar-refractivity contribution is 6.12. The molecule has 49 heavy (non-hydrogen) atoms. The largest absolute Gasteiger partial charge is 0.256 e. The first kappa shape index (κ1) is 27.8. The fourth-order valence-electron chi connectivity index (χ4n) is 8.44. The lowest BCUT2D eigenvalue weighted by Gasteiger charge is -2.43. The van der Waals surface area contributed by atoms with Crippen molar-refractivity contribution in [3.05, 3.63) is 215 Å². The van der Waals surface area contributed by atoms with Gasteiger partial charge in [-0.15, -0.1) is 0 Å². The molecule has 228 valence electrons. The van der Waals surface area contributed by atoms with Gasteiger partial charge in [0.2, 0.25) is 0 Å². The Morgan fingerprint density at radius 1 is 0.408 bits per heavy atom. The Hall–Kier alpha value is -6.31. The highest BCUT2D eigenvalue weighted by Crippen LogP contribution is 2.64. The number of nitrogens with zero attached hydrogens (tertiary/aromatic N) is 1.